The molecule has 2 fully saturated rings. The molecule has 5 nitrogen and oxygen atoms in total. The lowest BCUT2D eigenvalue weighted by atomic mass is 9.51. The fourth-order valence-corrected chi connectivity index (χ4v) is 10.6. The summed E-state index contributed by atoms with van der Waals surface area (Å²) < 4.78 is 13.3. The van der Waals surface area contributed by atoms with Gasteiger partial charge < -0.3 is 9.47 Å². The molecule has 0 amide bonds. The molecule has 5 atom stereocenters. The molecule has 8 rings (SSSR count). The number of hydrogen-bond acceptors (Lipinski definition) is 5. The maximum atomic E-state index is 12.5. The summed E-state index contributed by atoms with van der Waals surface area (Å²) in [5.74, 6) is 2.88. The number of hydrogen-bond donors (Lipinski definition) is 0. The van der Waals surface area contributed by atoms with Crippen LogP contribution in [-0.2, 0) is 23.1 Å². The number of methoxy groups -OCH3 is 1. The number of likely N-dealkylation sites (tertiary alicyclic amines) is 1. The van der Waals surface area contributed by atoms with Crippen LogP contribution in [0.4, 0.5) is 0 Å². The zero-order chi connectivity index (χ0) is 34.8. The largest absolute Gasteiger partial charge is 0.493 e. The zero-order valence-electron chi connectivity index (χ0n) is 30.5. The maximum absolute atomic E-state index is 12.5. The van der Waals surface area contributed by atoms with Crippen molar-refractivity contribution in [1.82, 2.24) is 9.80 Å². The predicted molar refractivity (Wildman–Crippen MR) is 205 cm³/mol. The van der Waals surface area contributed by atoms with Crippen molar-refractivity contribution >= 4 is 5.78 Å². The number of nitrogens with zero attached hydrogens (tertiary/aromatic N) is 2. The maximum Gasteiger partial charge on any atom is 0.165 e. The van der Waals surface area contributed by atoms with Gasteiger partial charge in [0.15, 0.2) is 11.5 Å². The third-order valence-electron chi connectivity index (χ3n) is 12.8. The highest BCUT2D eigenvalue weighted by Crippen LogP contribution is 2.64. The van der Waals surface area contributed by atoms with Crippen LogP contribution in [0.1, 0.15) is 85.6 Å². The molecule has 4 aromatic rings. The number of piperidine rings is 1. The lowest BCUT2D eigenvalue weighted by Gasteiger charge is -2.60. The van der Waals surface area contributed by atoms with E-state index in [1.807, 2.05) is 0 Å². The number of aryl methyl sites for hydroxylation is 1. The summed E-state index contributed by atoms with van der Waals surface area (Å²) in [6.07, 6.45) is 10.4. The van der Waals surface area contributed by atoms with Crippen molar-refractivity contribution in [2.75, 3.05) is 33.3 Å². The van der Waals surface area contributed by atoms with E-state index < -0.39 is 0 Å². The number of rotatable bonds is 15. The van der Waals surface area contributed by atoms with Crippen molar-refractivity contribution in [2.24, 2.45) is 5.92 Å². The molecule has 0 unspecified atom stereocenters. The minimum Gasteiger partial charge on any atom is -0.493 e. The van der Waals surface area contributed by atoms with Crippen LogP contribution in [0, 0.1) is 5.92 Å². The van der Waals surface area contributed by atoms with Crippen molar-refractivity contribution in [3.05, 3.63) is 131 Å². The molecule has 266 valence electrons. The third-order valence-corrected chi connectivity index (χ3v) is 12.8. The molecule has 4 aromatic carbocycles. The Balaban J connectivity index is 1.11. The second kappa shape index (κ2) is 15.0. The van der Waals surface area contributed by atoms with Gasteiger partial charge in [0.25, 0.3) is 0 Å². The van der Waals surface area contributed by atoms with Crippen LogP contribution in [0.15, 0.2) is 103 Å². The van der Waals surface area contributed by atoms with Crippen molar-refractivity contribution in [3.63, 3.8) is 0 Å². The summed E-state index contributed by atoms with van der Waals surface area (Å²) in [5.41, 5.74) is 6.97. The molecule has 4 aliphatic rings. The number of unbranched alkanes of at least 4 members (excludes halogenated alkanes) is 3. The Kier molecular flexibility index (Phi) is 10.0. The van der Waals surface area contributed by atoms with Crippen LogP contribution in [0.3, 0.4) is 0 Å². The molecular formula is C46H54N2O3. The second-order valence-electron chi connectivity index (χ2n) is 15.7. The normalized spacial score (nSPS) is 24.7. The molecule has 0 aromatic heterocycles. The van der Waals surface area contributed by atoms with E-state index in [9.17, 15) is 4.79 Å². The smallest absolute Gasteiger partial charge is 0.165 e. The monoisotopic (exact) mass is 682 g/mol. The fraction of sp³-hybridized carbons (Fsp3) is 0.457. The SMILES string of the molecule is COc1ccc2c3c1O[C@H]1[C@H](N(CCCCCCc4ccccc4)CC(c4ccccc4)c4ccccc4)CC[C@H]4[C@@H](C2)N(CC(C)=O)CC[C@@]341. The van der Waals surface area contributed by atoms with Crippen molar-refractivity contribution in [3.8, 4) is 11.5 Å². The van der Waals surface area contributed by atoms with Gasteiger partial charge in [-0.05, 0) is 99.2 Å². The number of Topliss-reactive ketones (excluding diaryl/α,β-unsaturated/α-hetero) is 1. The molecule has 1 saturated heterocycles. The van der Waals surface area contributed by atoms with Crippen LogP contribution in [0.25, 0.3) is 0 Å². The molecule has 51 heavy (non-hydrogen) atoms. The van der Waals surface area contributed by atoms with Crippen molar-refractivity contribution in [1.29, 1.82) is 0 Å². The molecule has 2 aliphatic carbocycles. The molecule has 2 heterocycles. The zero-order valence-corrected chi connectivity index (χ0v) is 30.5. The Morgan fingerprint density at radius 3 is 2.25 bits per heavy atom. The van der Waals surface area contributed by atoms with Gasteiger partial charge >= 0.3 is 0 Å². The Hall–Kier alpha value is -3.93. The Morgan fingerprint density at radius 2 is 1.57 bits per heavy atom. The summed E-state index contributed by atoms with van der Waals surface area (Å²) in [7, 11) is 1.78. The van der Waals surface area contributed by atoms with Crippen LogP contribution in [-0.4, -0.2) is 67.1 Å². The summed E-state index contributed by atoms with van der Waals surface area (Å²) >= 11 is 0. The Bertz CT molecular complexity index is 1740. The van der Waals surface area contributed by atoms with Gasteiger partial charge in [-0.2, -0.15) is 0 Å². The number of ketones is 1. The lowest BCUT2D eigenvalue weighted by Crippen LogP contribution is -2.69. The molecule has 1 spiro atoms. The van der Waals surface area contributed by atoms with E-state index >= 15 is 0 Å². The van der Waals surface area contributed by atoms with Gasteiger partial charge in [0, 0.05) is 35.5 Å². The minimum absolute atomic E-state index is 0.0543. The summed E-state index contributed by atoms with van der Waals surface area (Å²) in [6.45, 7) is 5.27. The van der Waals surface area contributed by atoms with E-state index in [0.717, 1.165) is 63.2 Å². The van der Waals surface area contributed by atoms with Crippen LogP contribution in [0.5, 0.6) is 11.5 Å². The van der Waals surface area contributed by atoms with E-state index in [1.165, 1.54) is 53.5 Å². The molecule has 0 N–H and O–H groups in total. The average molecular weight is 683 g/mol. The topological polar surface area (TPSA) is 42.0 Å². The van der Waals surface area contributed by atoms with Gasteiger partial charge in [-0.1, -0.05) is 110 Å². The highest BCUT2D eigenvalue weighted by molar-refractivity contribution is 5.77. The number of carbonyl (C=O) groups excluding carboxylic acids is 1. The first-order valence-electron chi connectivity index (χ1n) is 19.5. The van der Waals surface area contributed by atoms with Gasteiger partial charge in [-0.15, -0.1) is 0 Å². The van der Waals surface area contributed by atoms with Gasteiger partial charge in [0.05, 0.1) is 13.7 Å². The summed E-state index contributed by atoms with van der Waals surface area (Å²) in [5, 5.41) is 0. The Morgan fingerprint density at radius 1 is 0.882 bits per heavy atom. The van der Waals surface area contributed by atoms with Crippen LogP contribution in [0.2, 0.25) is 0 Å². The second-order valence-corrected chi connectivity index (χ2v) is 15.7. The molecule has 0 radical (unpaired) electrons. The standard InChI is InChI=1S/C46H54N2O3/c1-33(49)31-48-29-27-46-39-24-25-40(45(46)51-44-42(50-2)26-23-37(43(44)46)30-41(39)48)47(28-15-4-3-8-16-34-17-9-5-10-18-34)32-38(35-19-11-6-12-20-35)36-21-13-7-14-22-36/h5-7,9-14,17-23,26,38-41,45H,3-4,8,15-16,24-25,27-32H2,1-2H3/t39-,40+,41+,45-,46-/m0/s1. The first-order valence-corrected chi connectivity index (χ1v) is 19.5. The highest BCUT2D eigenvalue weighted by Gasteiger charge is 2.66. The van der Waals surface area contributed by atoms with E-state index in [4.69, 9.17) is 9.47 Å². The van der Waals surface area contributed by atoms with Crippen LogP contribution >= 0.6 is 0 Å². The van der Waals surface area contributed by atoms with E-state index in [0.29, 0.717) is 24.5 Å². The number of ether oxygens (including phenoxy) is 2. The predicted octanol–water partition coefficient (Wildman–Crippen LogP) is 8.63. The highest BCUT2D eigenvalue weighted by atomic mass is 16.5. The number of carbonyl (C=O) groups is 1. The minimum atomic E-state index is -0.0543. The molecular weight excluding hydrogens is 629 g/mol. The first-order chi connectivity index (χ1) is 25.1. The Labute approximate surface area is 305 Å². The fourth-order valence-electron chi connectivity index (χ4n) is 10.6. The quantitative estimate of drug-likeness (QED) is 0.118. The van der Waals surface area contributed by atoms with Crippen molar-refractivity contribution in [2.45, 2.75) is 94.2 Å². The van der Waals surface area contributed by atoms with Gasteiger partial charge in [0.2, 0.25) is 0 Å². The average Bonchev–Trinajstić information content (AvgIpc) is 3.51. The van der Waals surface area contributed by atoms with Gasteiger partial charge in [-0.3, -0.25) is 14.6 Å². The van der Waals surface area contributed by atoms with E-state index in [2.05, 4.69) is 113 Å². The third kappa shape index (κ3) is 6.53. The summed E-state index contributed by atoms with van der Waals surface area (Å²) in [4.78, 5) is 17.8. The number of benzene rings is 4. The molecule has 5 heteroatoms. The van der Waals surface area contributed by atoms with E-state index in [1.54, 1.807) is 14.0 Å². The molecule has 2 bridgehead atoms. The summed E-state index contributed by atoms with van der Waals surface area (Å²) in [6, 6.07) is 38.3. The van der Waals surface area contributed by atoms with Crippen molar-refractivity contribution < 1.29 is 14.3 Å². The molecule has 1 saturated carbocycles. The van der Waals surface area contributed by atoms with E-state index in [-0.39, 0.29) is 23.2 Å². The lowest BCUT2D eigenvalue weighted by molar-refractivity contribution is -0.123. The van der Waals surface area contributed by atoms with Gasteiger partial charge in [0.1, 0.15) is 11.9 Å². The van der Waals surface area contributed by atoms with Gasteiger partial charge in [-0.25, -0.2) is 0 Å². The molecule has 2 aliphatic heterocycles. The first kappa shape index (κ1) is 34.2. The van der Waals surface area contributed by atoms with Crippen LogP contribution < -0.4 is 9.47 Å².